The monoisotopic (exact) mass is 295 g/mol. The number of hydrazine groups is 1. The molecule has 0 saturated heterocycles. The molecule has 21 heavy (non-hydrogen) atoms. The van der Waals surface area contributed by atoms with E-state index in [9.17, 15) is 14.9 Å². The van der Waals surface area contributed by atoms with Crippen molar-refractivity contribution in [1.82, 2.24) is 4.90 Å². The van der Waals surface area contributed by atoms with Gasteiger partial charge in [0.2, 0.25) is 5.91 Å². The molecule has 0 bridgehead atoms. The molecule has 0 saturated carbocycles. The summed E-state index contributed by atoms with van der Waals surface area (Å²) in [7, 11) is 0. The van der Waals surface area contributed by atoms with Crippen LogP contribution in [-0.2, 0) is 4.79 Å². The van der Waals surface area contributed by atoms with E-state index in [1.54, 1.807) is 24.0 Å². The van der Waals surface area contributed by atoms with E-state index < -0.39 is 11.0 Å². The van der Waals surface area contributed by atoms with Gasteiger partial charge in [-0.3, -0.25) is 20.8 Å². The Morgan fingerprint density at radius 2 is 1.95 bits per heavy atom. The highest BCUT2D eigenvalue weighted by Gasteiger charge is 2.24. The van der Waals surface area contributed by atoms with Gasteiger partial charge in [0.15, 0.2) is 0 Å². The molecule has 0 aliphatic heterocycles. The maximum atomic E-state index is 12.2. The van der Waals surface area contributed by atoms with E-state index in [1.807, 2.05) is 13.8 Å². The van der Waals surface area contributed by atoms with Crippen LogP contribution in [0.25, 0.3) is 0 Å². The highest BCUT2D eigenvalue weighted by Crippen LogP contribution is 2.32. The third kappa shape index (κ3) is 3.82. The Kier molecular flexibility index (Phi) is 5.92. The Labute approximate surface area is 123 Å². The largest absolute Gasteiger partial charge is 0.368 e. The highest BCUT2D eigenvalue weighted by atomic mass is 16.6. The number of nitro groups is 1. The molecule has 1 rings (SSSR count). The summed E-state index contributed by atoms with van der Waals surface area (Å²) in [5, 5.41) is 14.1. The van der Waals surface area contributed by atoms with Crippen molar-refractivity contribution in [3.8, 4) is 0 Å². The zero-order valence-electron chi connectivity index (χ0n) is 12.4. The molecular formula is C13H21N5O3. The van der Waals surface area contributed by atoms with E-state index in [0.717, 1.165) is 0 Å². The number of likely N-dealkylation sites (N-methyl/N-ethyl adjacent to an activating group) is 1. The average molecular weight is 295 g/mol. The second-order valence-electron chi connectivity index (χ2n) is 4.48. The van der Waals surface area contributed by atoms with Crippen molar-refractivity contribution in [3.05, 3.63) is 28.3 Å². The minimum Gasteiger partial charge on any atom is -0.368 e. The molecule has 0 aliphatic rings. The standard InChI is InChI=1S/C13H21N5O3/c1-4-17(5-2)13(19)9(3)15-10-7-6-8-11(16-14)12(10)18(20)21/h6-9,15-16H,4-5,14H2,1-3H3. The van der Waals surface area contributed by atoms with E-state index in [-0.39, 0.29) is 23.0 Å². The van der Waals surface area contributed by atoms with E-state index in [0.29, 0.717) is 13.1 Å². The van der Waals surface area contributed by atoms with Crippen LogP contribution in [0, 0.1) is 10.1 Å². The van der Waals surface area contributed by atoms with Crippen LogP contribution >= 0.6 is 0 Å². The summed E-state index contributed by atoms with van der Waals surface area (Å²) in [6.45, 7) is 6.62. The number of nitrogens with one attached hydrogen (secondary N) is 2. The van der Waals surface area contributed by atoms with Gasteiger partial charge in [0.25, 0.3) is 0 Å². The van der Waals surface area contributed by atoms with Gasteiger partial charge >= 0.3 is 5.69 Å². The van der Waals surface area contributed by atoms with Crippen LogP contribution in [0.3, 0.4) is 0 Å². The first-order valence-electron chi connectivity index (χ1n) is 6.75. The molecule has 4 N–H and O–H groups in total. The summed E-state index contributed by atoms with van der Waals surface area (Å²) in [5.41, 5.74) is 2.55. The summed E-state index contributed by atoms with van der Waals surface area (Å²) < 4.78 is 0. The second kappa shape index (κ2) is 7.44. The number of rotatable bonds is 7. The van der Waals surface area contributed by atoms with Crippen LogP contribution in [0.4, 0.5) is 17.1 Å². The lowest BCUT2D eigenvalue weighted by Gasteiger charge is -2.24. The van der Waals surface area contributed by atoms with Crippen molar-refractivity contribution in [2.45, 2.75) is 26.8 Å². The fraction of sp³-hybridized carbons (Fsp3) is 0.462. The Balaban J connectivity index is 3.02. The van der Waals surface area contributed by atoms with Gasteiger partial charge in [-0.25, -0.2) is 0 Å². The zero-order valence-corrected chi connectivity index (χ0v) is 12.4. The van der Waals surface area contributed by atoms with Gasteiger partial charge in [0, 0.05) is 13.1 Å². The lowest BCUT2D eigenvalue weighted by molar-refractivity contribution is -0.383. The summed E-state index contributed by atoms with van der Waals surface area (Å²) in [6, 6.07) is 4.10. The number of para-hydroxylation sites is 1. The number of nitrogens with two attached hydrogens (primary N) is 1. The van der Waals surface area contributed by atoms with Crippen molar-refractivity contribution in [3.63, 3.8) is 0 Å². The topological polar surface area (TPSA) is 114 Å². The van der Waals surface area contributed by atoms with Crippen LogP contribution in [0.15, 0.2) is 18.2 Å². The van der Waals surface area contributed by atoms with Crippen LogP contribution in [0.5, 0.6) is 0 Å². The third-order valence-electron chi connectivity index (χ3n) is 3.19. The number of amides is 1. The number of nitro benzene ring substituents is 1. The zero-order chi connectivity index (χ0) is 16.0. The molecule has 8 nitrogen and oxygen atoms in total. The number of anilines is 2. The quantitative estimate of drug-likeness (QED) is 0.399. The lowest BCUT2D eigenvalue weighted by atomic mass is 10.2. The van der Waals surface area contributed by atoms with Gasteiger partial charge < -0.3 is 15.6 Å². The number of carbonyl (C=O) groups excluding carboxylic acids is 1. The highest BCUT2D eigenvalue weighted by molar-refractivity contribution is 5.86. The molecular weight excluding hydrogens is 274 g/mol. The molecule has 8 heteroatoms. The smallest absolute Gasteiger partial charge is 0.316 e. The first-order chi connectivity index (χ1) is 9.96. The number of nitrogen functional groups attached to an aromatic ring is 1. The molecule has 116 valence electrons. The number of nitrogens with zero attached hydrogens (tertiary/aromatic N) is 2. The molecule has 1 aromatic rings. The maximum Gasteiger partial charge on any atom is 0.316 e. The first kappa shape index (κ1) is 16.7. The fourth-order valence-corrected chi connectivity index (χ4v) is 2.08. The Morgan fingerprint density at radius 3 is 2.43 bits per heavy atom. The van der Waals surface area contributed by atoms with Crippen LogP contribution in [-0.4, -0.2) is 34.9 Å². The van der Waals surface area contributed by atoms with E-state index in [2.05, 4.69) is 10.7 Å². The molecule has 1 amide bonds. The number of hydrogen-bond donors (Lipinski definition) is 3. The molecule has 1 unspecified atom stereocenters. The van der Waals surface area contributed by atoms with Gasteiger partial charge in [-0.05, 0) is 32.9 Å². The van der Waals surface area contributed by atoms with Crippen molar-refractivity contribution in [1.29, 1.82) is 0 Å². The summed E-state index contributed by atoms with van der Waals surface area (Å²) >= 11 is 0. The number of benzene rings is 1. The molecule has 0 radical (unpaired) electrons. The van der Waals surface area contributed by atoms with Gasteiger partial charge in [-0.15, -0.1) is 0 Å². The van der Waals surface area contributed by atoms with Crippen molar-refractivity contribution in [2.24, 2.45) is 5.84 Å². The molecule has 1 atom stereocenters. The Bertz CT molecular complexity index is 517. The normalized spacial score (nSPS) is 11.6. The van der Waals surface area contributed by atoms with Gasteiger partial charge in [0.05, 0.1) is 4.92 Å². The van der Waals surface area contributed by atoms with Crippen LogP contribution < -0.4 is 16.6 Å². The van der Waals surface area contributed by atoms with Crippen molar-refractivity contribution >= 4 is 23.0 Å². The minimum atomic E-state index is -0.573. The van der Waals surface area contributed by atoms with Crippen molar-refractivity contribution in [2.75, 3.05) is 23.8 Å². The van der Waals surface area contributed by atoms with Crippen LogP contribution in [0.1, 0.15) is 20.8 Å². The van der Waals surface area contributed by atoms with Gasteiger partial charge in [0.1, 0.15) is 17.4 Å². The molecule has 1 aromatic carbocycles. The van der Waals surface area contributed by atoms with E-state index >= 15 is 0 Å². The predicted octanol–water partition coefficient (Wildman–Crippen LogP) is 1.55. The van der Waals surface area contributed by atoms with Crippen LogP contribution in [0.2, 0.25) is 0 Å². The fourth-order valence-electron chi connectivity index (χ4n) is 2.08. The van der Waals surface area contributed by atoms with Gasteiger partial charge in [-0.1, -0.05) is 6.07 Å². The molecule has 0 aromatic heterocycles. The average Bonchev–Trinajstić information content (AvgIpc) is 2.47. The summed E-state index contributed by atoms with van der Waals surface area (Å²) in [5.74, 6) is 5.17. The maximum absolute atomic E-state index is 12.2. The summed E-state index contributed by atoms with van der Waals surface area (Å²) in [4.78, 5) is 24.5. The molecule has 0 aliphatic carbocycles. The third-order valence-corrected chi connectivity index (χ3v) is 3.19. The predicted molar refractivity (Wildman–Crippen MR) is 81.9 cm³/mol. The summed E-state index contributed by atoms with van der Waals surface area (Å²) in [6.07, 6.45) is 0. The Morgan fingerprint density at radius 1 is 1.38 bits per heavy atom. The van der Waals surface area contributed by atoms with Crippen molar-refractivity contribution < 1.29 is 9.72 Å². The molecule has 0 fully saturated rings. The Hall–Kier alpha value is -2.35. The SMILES string of the molecule is CCN(CC)C(=O)C(C)Nc1cccc(NN)c1[N+](=O)[O-]. The number of carbonyl (C=O) groups is 1. The number of hydrogen-bond acceptors (Lipinski definition) is 6. The van der Waals surface area contributed by atoms with E-state index in [4.69, 9.17) is 5.84 Å². The molecule has 0 spiro atoms. The van der Waals surface area contributed by atoms with Gasteiger partial charge in [-0.2, -0.15) is 0 Å². The molecule has 0 heterocycles. The van der Waals surface area contributed by atoms with E-state index in [1.165, 1.54) is 6.07 Å². The lowest BCUT2D eigenvalue weighted by Crippen LogP contribution is -2.41. The second-order valence-corrected chi connectivity index (χ2v) is 4.48. The minimum absolute atomic E-state index is 0.111. The first-order valence-corrected chi connectivity index (χ1v) is 6.75.